The normalized spacial score (nSPS) is 12.9. The van der Waals surface area contributed by atoms with Gasteiger partial charge < -0.3 is 5.32 Å². The van der Waals surface area contributed by atoms with E-state index < -0.39 is 0 Å². The fourth-order valence-corrected chi connectivity index (χ4v) is 3.01. The fraction of sp³-hybridized carbons (Fsp3) is 0.625. The number of rotatable bonds is 8. The van der Waals surface area contributed by atoms with Crippen LogP contribution < -0.4 is 5.32 Å². The third-order valence-corrected chi connectivity index (χ3v) is 4.26. The van der Waals surface area contributed by atoms with Gasteiger partial charge in [-0.05, 0) is 43.0 Å². The first-order valence-corrected chi connectivity index (χ1v) is 8.07. The predicted molar refractivity (Wildman–Crippen MR) is 86.2 cm³/mol. The third kappa shape index (κ3) is 4.98. The summed E-state index contributed by atoms with van der Waals surface area (Å²) in [5, 5.41) is 4.89. The lowest BCUT2D eigenvalue weighted by atomic mass is 9.86. The molecule has 3 heteroatoms. The highest BCUT2D eigenvalue weighted by Crippen LogP contribution is 2.33. The molecule has 1 aromatic rings. The summed E-state index contributed by atoms with van der Waals surface area (Å²) in [5.74, 6) is 0.659. The Bertz CT molecular complexity index is 373. The first-order valence-electron chi connectivity index (χ1n) is 7.32. The van der Waals surface area contributed by atoms with E-state index >= 15 is 0 Å². The van der Waals surface area contributed by atoms with E-state index in [1.807, 2.05) is 12.1 Å². The minimum absolute atomic E-state index is 0.375. The van der Waals surface area contributed by atoms with Crippen molar-refractivity contribution in [2.75, 3.05) is 6.54 Å². The van der Waals surface area contributed by atoms with Crippen molar-refractivity contribution >= 4 is 23.2 Å². The maximum atomic E-state index is 6.16. The van der Waals surface area contributed by atoms with E-state index in [0.29, 0.717) is 22.0 Å². The van der Waals surface area contributed by atoms with E-state index in [0.717, 1.165) is 6.54 Å². The van der Waals surface area contributed by atoms with E-state index in [1.165, 1.54) is 31.2 Å². The van der Waals surface area contributed by atoms with Crippen LogP contribution >= 0.6 is 23.2 Å². The molecule has 0 saturated heterocycles. The van der Waals surface area contributed by atoms with Gasteiger partial charge in [-0.1, -0.05) is 62.9 Å². The van der Waals surface area contributed by atoms with Gasteiger partial charge in [0, 0.05) is 6.04 Å². The zero-order valence-corrected chi connectivity index (χ0v) is 13.7. The van der Waals surface area contributed by atoms with Gasteiger partial charge in [0.2, 0.25) is 0 Å². The Balaban J connectivity index is 2.98. The summed E-state index contributed by atoms with van der Waals surface area (Å²) in [7, 11) is 0. The molecule has 0 spiro atoms. The van der Waals surface area contributed by atoms with Crippen LogP contribution in [-0.4, -0.2) is 6.54 Å². The first kappa shape index (κ1) is 16.8. The second-order valence-corrected chi connectivity index (χ2v) is 5.86. The summed E-state index contributed by atoms with van der Waals surface area (Å²) >= 11 is 12.2. The molecule has 0 saturated carbocycles. The average molecular weight is 302 g/mol. The zero-order valence-electron chi connectivity index (χ0n) is 12.2. The molecule has 19 heavy (non-hydrogen) atoms. The van der Waals surface area contributed by atoms with Crippen molar-refractivity contribution in [1.29, 1.82) is 0 Å². The topological polar surface area (TPSA) is 12.0 Å². The standard InChI is InChI=1S/C16H25Cl2N/c1-4-7-12(8-5-2)16(19-6-3)13-9-10-14(17)15(18)11-13/h9-12,16,19H,4-8H2,1-3H3. The second-order valence-electron chi connectivity index (χ2n) is 5.05. The number of nitrogens with one attached hydrogen (secondary N) is 1. The molecule has 1 N–H and O–H groups in total. The van der Waals surface area contributed by atoms with E-state index in [1.54, 1.807) is 0 Å². The van der Waals surface area contributed by atoms with Crippen molar-refractivity contribution in [3.05, 3.63) is 33.8 Å². The minimum Gasteiger partial charge on any atom is -0.310 e. The molecule has 0 aliphatic rings. The second kappa shape index (κ2) is 8.84. The molecule has 0 heterocycles. The lowest BCUT2D eigenvalue weighted by Crippen LogP contribution is -2.28. The predicted octanol–water partition coefficient (Wildman–Crippen LogP) is 5.86. The third-order valence-electron chi connectivity index (χ3n) is 3.52. The molecule has 0 aliphatic heterocycles. The Hall–Kier alpha value is -0.240. The van der Waals surface area contributed by atoms with Crippen LogP contribution in [0.3, 0.4) is 0 Å². The molecule has 1 aromatic carbocycles. The van der Waals surface area contributed by atoms with E-state index in [2.05, 4.69) is 32.2 Å². The highest BCUT2D eigenvalue weighted by molar-refractivity contribution is 6.42. The van der Waals surface area contributed by atoms with Gasteiger partial charge in [-0.3, -0.25) is 0 Å². The Labute approximate surface area is 127 Å². The van der Waals surface area contributed by atoms with E-state index in [-0.39, 0.29) is 0 Å². The maximum absolute atomic E-state index is 6.16. The SMILES string of the molecule is CCCC(CCC)C(NCC)c1ccc(Cl)c(Cl)c1. The molecular formula is C16H25Cl2N. The fourth-order valence-electron chi connectivity index (χ4n) is 2.70. The summed E-state index contributed by atoms with van der Waals surface area (Å²) in [6.45, 7) is 7.62. The lowest BCUT2D eigenvalue weighted by molar-refractivity contribution is 0.320. The van der Waals surface area contributed by atoms with Crippen molar-refractivity contribution in [1.82, 2.24) is 5.32 Å². The van der Waals surface area contributed by atoms with Crippen molar-refractivity contribution in [3.8, 4) is 0 Å². The first-order chi connectivity index (χ1) is 9.13. The molecule has 1 nitrogen and oxygen atoms in total. The summed E-state index contributed by atoms with van der Waals surface area (Å²) in [4.78, 5) is 0. The van der Waals surface area contributed by atoms with Crippen molar-refractivity contribution in [3.63, 3.8) is 0 Å². The van der Waals surface area contributed by atoms with Crippen LogP contribution in [0.25, 0.3) is 0 Å². The van der Waals surface area contributed by atoms with Gasteiger partial charge in [0.05, 0.1) is 10.0 Å². The van der Waals surface area contributed by atoms with Crippen LogP contribution in [0.2, 0.25) is 10.0 Å². The van der Waals surface area contributed by atoms with Crippen LogP contribution in [0.1, 0.15) is 58.1 Å². The quantitative estimate of drug-likeness (QED) is 0.634. The monoisotopic (exact) mass is 301 g/mol. The summed E-state index contributed by atoms with van der Waals surface area (Å²) in [6, 6.07) is 6.38. The largest absolute Gasteiger partial charge is 0.310 e. The molecular weight excluding hydrogens is 277 g/mol. The highest BCUT2D eigenvalue weighted by atomic mass is 35.5. The van der Waals surface area contributed by atoms with Crippen molar-refractivity contribution < 1.29 is 0 Å². The summed E-state index contributed by atoms with van der Waals surface area (Å²) < 4.78 is 0. The molecule has 0 aliphatic carbocycles. The zero-order chi connectivity index (χ0) is 14.3. The number of hydrogen-bond acceptors (Lipinski definition) is 1. The molecule has 108 valence electrons. The smallest absolute Gasteiger partial charge is 0.0595 e. The molecule has 1 atom stereocenters. The summed E-state index contributed by atoms with van der Waals surface area (Å²) in [6.07, 6.45) is 4.92. The molecule has 0 radical (unpaired) electrons. The highest BCUT2D eigenvalue weighted by Gasteiger charge is 2.21. The van der Waals surface area contributed by atoms with Gasteiger partial charge in [-0.2, -0.15) is 0 Å². The van der Waals surface area contributed by atoms with Crippen LogP contribution in [0.15, 0.2) is 18.2 Å². The Morgan fingerprint density at radius 2 is 1.63 bits per heavy atom. The van der Waals surface area contributed by atoms with Crippen LogP contribution in [-0.2, 0) is 0 Å². The lowest BCUT2D eigenvalue weighted by Gasteiger charge is -2.28. The molecule has 0 aromatic heterocycles. The van der Waals surface area contributed by atoms with Gasteiger partial charge in [0.25, 0.3) is 0 Å². The van der Waals surface area contributed by atoms with Crippen LogP contribution in [0.4, 0.5) is 0 Å². The molecule has 1 unspecified atom stereocenters. The Morgan fingerprint density at radius 1 is 1.00 bits per heavy atom. The number of hydrogen-bond donors (Lipinski definition) is 1. The molecule has 1 rings (SSSR count). The van der Waals surface area contributed by atoms with Crippen molar-refractivity contribution in [2.45, 2.75) is 52.5 Å². The Morgan fingerprint density at radius 3 is 2.11 bits per heavy atom. The van der Waals surface area contributed by atoms with Gasteiger partial charge in [-0.25, -0.2) is 0 Å². The number of benzene rings is 1. The maximum Gasteiger partial charge on any atom is 0.0595 e. The van der Waals surface area contributed by atoms with Gasteiger partial charge in [0.1, 0.15) is 0 Å². The van der Waals surface area contributed by atoms with Gasteiger partial charge >= 0.3 is 0 Å². The van der Waals surface area contributed by atoms with Crippen LogP contribution in [0.5, 0.6) is 0 Å². The van der Waals surface area contributed by atoms with Crippen LogP contribution in [0, 0.1) is 5.92 Å². The van der Waals surface area contributed by atoms with Crippen molar-refractivity contribution in [2.24, 2.45) is 5.92 Å². The summed E-state index contributed by atoms with van der Waals surface area (Å²) in [5.41, 5.74) is 1.25. The van der Waals surface area contributed by atoms with E-state index in [4.69, 9.17) is 23.2 Å². The Kier molecular flexibility index (Phi) is 7.82. The number of halogens is 2. The van der Waals surface area contributed by atoms with Gasteiger partial charge in [-0.15, -0.1) is 0 Å². The molecule has 0 bridgehead atoms. The van der Waals surface area contributed by atoms with E-state index in [9.17, 15) is 0 Å². The minimum atomic E-state index is 0.375. The van der Waals surface area contributed by atoms with Gasteiger partial charge in [0.15, 0.2) is 0 Å². The molecule has 0 amide bonds. The molecule has 0 fully saturated rings. The average Bonchev–Trinajstić information content (AvgIpc) is 2.39.